The van der Waals surface area contributed by atoms with E-state index in [4.69, 9.17) is 5.73 Å². The second kappa shape index (κ2) is 6.24. The summed E-state index contributed by atoms with van der Waals surface area (Å²) in [6.07, 6.45) is 4.71. The molecule has 6 nitrogen and oxygen atoms in total. The average molecular weight is 300 g/mol. The molecule has 0 radical (unpaired) electrons. The first-order valence-corrected chi connectivity index (χ1v) is 8.67. The topological polar surface area (TPSA) is 101 Å². The van der Waals surface area contributed by atoms with E-state index < -0.39 is 10.0 Å². The lowest BCUT2D eigenvalue weighted by Gasteiger charge is -2.28. The second-order valence-corrected chi connectivity index (χ2v) is 7.39. The summed E-state index contributed by atoms with van der Waals surface area (Å²) in [7, 11) is -3.58. The molecule has 1 aliphatic rings. The molecular weight excluding hydrogens is 276 g/mol. The quantitative estimate of drug-likeness (QED) is 0.762. The first-order valence-electron chi connectivity index (χ1n) is 7.19. The van der Waals surface area contributed by atoms with Gasteiger partial charge in [0.05, 0.1) is 0 Å². The van der Waals surface area contributed by atoms with E-state index in [1.807, 2.05) is 0 Å². The lowest BCUT2D eigenvalue weighted by atomic mass is 9.81. The Morgan fingerprint density at radius 3 is 2.75 bits per heavy atom. The molecule has 1 aromatic rings. The molecule has 0 spiro atoms. The van der Waals surface area contributed by atoms with E-state index in [-0.39, 0.29) is 11.6 Å². The van der Waals surface area contributed by atoms with Crippen LogP contribution in [0.2, 0.25) is 0 Å². The van der Waals surface area contributed by atoms with Crippen LogP contribution in [0.4, 0.5) is 0 Å². The minimum atomic E-state index is -3.58. The maximum absolute atomic E-state index is 12.3. The highest BCUT2D eigenvalue weighted by Gasteiger charge is 2.26. The van der Waals surface area contributed by atoms with Gasteiger partial charge in [-0.05, 0) is 25.2 Å². The fraction of sp³-hybridized carbons (Fsp3) is 0.769. The Balaban J connectivity index is 2.07. The summed E-state index contributed by atoms with van der Waals surface area (Å²) in [6.45, 7) is 4.62. The lowest BCUT2D eigenvalue weighted by molar-refractivity contribution is 0.257. The number of sulfonamides is 1. The van der Waals surface area contributed by atoms with Crippen LogP contribution >= 0.6 is 0 Å². The van der Waals surface area contributed by atoms with Gasteiger partial charge >= 0.3 is 0 Å². The van der Waals surface area contributed by atoms with Crippen LogP contribution in [0.3, 0.4) is 0 Å². The third-order valence-electron chi connectivity index (χ3n) is 4.32. The van der Waals surface area contributed by atoms with Crippen LogP contribution < -0.4 is 10.5 Å². The fourth-order valence-corrected chi connectivity index (χ4v) is 4.17. The zero-order valence-corrected chi connectivity index (χ0v) is 13.0. The molecule has 0 aromatic carbocycles. The van der Waals surface area contributed by atoms with Crippen LogP contribution in [0.15, 0.2) is 5.03 Å². The Hall–Kier alpha value is -0.920. The summed E-state index contributed by atoms with van der Waals surface area (Å²) >= 11 is 0. The van der Waals surface area contributed by atoms with Crippen molar-refractivity contribution in [1.82, 2.24) is 14.9 Å². The van der Waals surface area contributed by atoms with Gasteiger partial charge in [0.15, 0.2) is 5.03 Å². The molecule has 1 fully saturated rings. The Morgan fingerprint density at radius 1 is 1.40 bits per heavy atom. The van der Waals surface area contributed by atoms with Gasteiger partial charge in [0.2, 0.25) is 0 Å². The molecule has 0 saturated heterocycles. The van der Waals surface area contributed by atoms with Crippen molar-refractivity contribution >= 4 is 10.0 Å². The van der Waals surface area contributed by atoms with E-state index in [0.29, 0.717) is 29.6 Å². The number of nitrogens with two attached hydrogens (primary N) is 1. The van der Waals surface area contributed by atoms with Crippen molar-refractivity contribution in [3.63, 3.8) is 0 Å². The summed E-state index contributed by atoms with van der Waals surface area (Å²) in [5.41, 5.74) is 6.87. The van der Waals surface area contributed by atoms with Crippen molar-refractivity contribution in [2.24, 2.45) is 17.6 Å². The van der Waals surface area contributed by atoms with Crippen molar-refractivity contribution in [3.8, 4) is 0 Å². The summed E-state index contributed by atoms with van der Waals surface area (Å²) < 4.78 is 27.3. The molecular formula is C13H24N4O2S. The van der Waals surface area contributed by atoms with Gasteiger partial charge in [-0.1, -0.05) is 26.2 Å². The molecule has 1 heterocycles. The van der Waals surface area contributed by atoms with Crippen LogP contribution in [0.25, 0.3) is 0 Å². The average Bonchev–Trinajstić information content (AvgIpc) is 2.79. The van der Waals surface area contributed by atoms with Gasteiger partial charge in [-0.3, -0.25) is 5.10 Å². The van der Waals surface area contributed by atoms with Crippen LogP contribution in [-0.2, 0) is 16.6 Å². The highest BCUT2D eigenvalue weighted by molar-refractivity contribution is 7.89. The highest BCUT2D eigenvalue weighted by atomic mass is 32.2. The molecule has 7 heteroatoms. The van der Waals surface area contributed by atoms with Crippen molar-refractivity contribution in [1.29, 1.82) is 0 Å². The lowest BCUT2D eigenvalue weighted by Crippen LogP contribution is -2.34. The van der Waals surface area contributed by atoms with Gasteiger partial charge in [0.1, 0.15) is 0 Å². The van der Waals surface area contributed by atoms with Gasteiger partial charge in [-0.25, -0.2) is 13.1 Å². The van der Waals surface area contributed by atoms with Crippen LogP contribution in [-0.4, -0.2) is 25.2 Å². The molecule has 2 unspecified atom stereocenters. The predicted molar refractivity (Wildman–Crippen MR) is 77.5 cm³/mol. The van der Waals surface area contributed by atoms with E-state index in [1.165, 1.54) is 19.3 Å². The molecule has 114 valence electrons. The molecule has 0 aliphatic heterocycles. The van der Waals surface area contributed by atoms with E-state index in [2.05, 4.69) is 21.8 Å². The number of rotatable bonds is 5. The number of hydrogen-bond donors (Lipinski definition) is 3. The number of H-pyrrole nitrogens is 1. The van der Waals surface area contributed by atoms with Crippen LogP contribution in [0, 0.1) is 18.8 Å². The summed E-state index contributed by atoms with van der Waals surface area (Å²) in [6, 6.07) is 0. The molecule has 4 N–H and O–H groups in total. The number of aromatic amines is 1. The van der Waals surface area contributed by atoms with Gasteiger partial charge < -0.3 is 5.73 Å². The minimum absolute atomic E-state index is 0.0426. The number of aryl methyl sites for hydroxylation is 1. The minimum Gasteiger partial charge on any atom is -0.326 e. The first-order chi connectivity index (χ1) is 9.45. The SMILES string of the molecule is Cc1[nH]nc(S(=O)(=O)NCC2CCCCC2C)c1CN. The van der Waals surface area contributed by atoms with E-state index in [1.54, 1.807) is 6.92 Å². The fourth-order valence-electron chi connectivity index (χ4n) is 2.87. The maximum atomic E-state index is 12.3. The largest absolute Gasteiger partial charge is 0.326 e. The van der Waals surface area contributed by atoms with Crippen LogP contribution in [0.5, 0.6) is 0 Å². The first kappa shape index (κ1) is 15.5. The molecule has 1 saturated carbocycles. The number of nitrogens with zero attached hydrogens (tertiary/aromatic N) is 1. The predicted octanol–water partition coefficient (Wildman–Crippen LogP) is 1.28. The monoisotopic (exact) mass is 300 g/mol. The highest BCUT2D eigenvalue weighted by Crippen LogP contribution is 2.29. The smallest absolute Gasteiger partial charge is 0.260 e. The van der Waals surface area contributed by atoms with Gasteiger partial charge in [0.25, 0.3) is 10.0 Å². The number of nitrogens with one attached hydrogen (secondary N) is 2. The zero-order chi connectivity index (χ0) is 14.8. The Bertz CT molecular complexity index is 553. The third kappa shape index (κ3) is 3.21. The van der Waals surface area contributed by atoms with Gasteiger partial charge in [0, 0.05) is 24.3 Å². The standard InChI is InChI=1S/C13H24N4O2S/c1-9-5-3-4-6-11(9)8-15-20(18,19)13-12(7-14)10(2)16-17-13/h9,11,15H,3-8,14H2,1-2H3,(H,16,17). The summed E-state index contributed by atoms with van der Waals surface area (Å²) in [5.74, 6) is 0.987. The van der Waals surface area contributed by atoms with Gasteiger partial charge in [-0.2, -0.15) is 5.10 Å². The maximum Gasteiger partial charge on any atom is 0.260 e. The normalized spacial score (nSPS) is 23.9. The van der Waals surface area contributed by atoms with Crippen molar-refractivity contribution in [3.05, 3.63) is 11.3 Å². The Morgan fingerprint density at radius 2 is 2.10 bits per heavy atom. The van der Waals surface area contributed by atoms with E-state index >= 15 is 0 Å². The number of hydrogen-bond acceptors (Lipinski definition) is 4. The molecule has 20 heavy (non-hydrogen) atoms. The Labute approximate surface area is 120 Å². The number of aromatic nitrogens is 2. The second-order valence-electron chi connectivity index (χ2n) is 5.71. The van der Waals surface area contributed by atoms with Crippen molar-refractivity contribution in [2.45, 2.75) is 51.1 Å². The molecule has 1 aliphatic carbocycles. The third-order valence-corrected chi connectivity index (χ3v) is 5.71. The van der Waals surface area contributed by atoms with E-state index in [9.17, 15) is 8.42 Å². The zero-order valence-electron chi connectivity index (χ0n) is 12.1. The van der Waals surface area contributed by atoms with Crippen molar-refractivity contribution < 1.29 is 8.42 Å². The van der Waals surface area contributed by atoms with Crippen LogP contribution in [0.1, 0.15) is 43.9 Å². The van der Waals surface area contributed by atoms with E-state index in [0.717, 1.165) is 6.42 Å². The van der Waals surface area contributed by atoms with Crippen molar-refractivity contribution in [2.75, 3.05) is 6.54 Å². The van der Waals surface area contributed by atoms with Gasteiger partial charge in [-0.15, -0.1) is 0 Å². The summed E-state index contributed by atoms with van der Waals surface area (Å²) in [4.78, 5) is 0. The molecule has 2 atom stereocenters. The summed E-state index contributed by atoms with van der Waals surface area (Å²) in [5, 5.41) is 6.62. The Kier molecular flexibility index (Phi) is 4.82. The molecule has 0 amide bonds. The molecule has 0 bridgehead atoms. The molecule has 2 rings (SSSR count). The molecule has 1 aromatic heterocycles.